The average molecular weight is 381 g/mol. The van der Waals surface area contributed by atoms with E-state index in [1.165, 1.54) is 13.2 Å². The smallest absolute Gasteiger partial charge is 0.387 e. The van der Waals surface area contributed by atoms with Crippen LogP contribution in [0.5, 0.6) is 11.5 Å². The molecule has 1 aromatic rings. The van der Waals surface area contributed by atoms with Gasteiger partial charge in [-0.3, -0.25) is 4.79 Å². The van der Waals surface area contributed by atoms with Crippen LogP contribution in [-0.2, 0) is 16.0 Å². The van der Waals surface area contributed by atoms with E-state index in [2.05, 4.69) is 10.1 Å². The number of carbonyl (C=O) groups is 1. The van der Waals surface area contributed by atoms with Crippen molar-refractivity contribution in [2.75, 3.05) is 20.2 Å². The number of benzene rings is 1. The van der Waals surface area contributed by atoms with Gasteiger partial charge in [-0.05, 0) is 37.0 Å². The number of hydrogen-bond acceptors (Lipinski definition) is 5. The van der Waals surface area contributed by atoms with E-state index < -0.39 is 12.7 Å². The zero-order chi connectivity index (χ0) is 17.5. The molecular formula is C16H23ClF2N2O4. The van der Waals surface area contributed by atoms with Gasteiger partial charge in [0, 0.05) is 13.1 Å². The monoisotopic (exact) mass is 380 g/mol. The van der Waals surface area contributed by atoms with Crippen LogP contribution in [0.1, 0.15) is 18.4 Å². The van der Waals surface area contributed by atoms with Crippen molar-refractivity contribution in [2.24, 2.45) is 5.73 Å². The van der Waals surface area contributed by atoms with Crippen molar-refractivity contribution in [3.63, 3.8) is 0 Å². The normalized spacial score (nSPS) is 19.4. The number of rotatable bonds is 8. The number of halogens is 3. The molecular weight excluding hydrogens is 358 g/mol. The van der Waals surface area contributed by atoms with Gasteiger partial charge in [-0.15, -0.1) is 12.4 Å². The standard InChI is InChI=1S/C16H22F2N2O4.ClH/c1-22-12-4-2-10(8-14(12)24-16(17)18)6-7-20-15(21)13-5-3-11(9-19)23-13;/h2,4,8,11,13,16H,3,5-7,9,19H2,1H3,(H,20,21);1H/t11-,13+;/m1./s1. The van der Waals surface area contributed by atoms with Gasteiger partial charge in [0.2, 0.25) is 5.91 Å². The number of nitrogens with one attached hydrogen (secondary N) is 1. The minimum absolute atomic E-state index is 0. The van der Waals surface area contributed by atoms with Crippen molar-refractivity contribution < 1.29 is 27.8 Å². The number of alkyl halides is 2. The third-order valence-electron chi connectivity index (χ3n) is 3.82. The van der Waals surface area contributed by atoms with Crippen LogP contribution in [0.15, 0.2) is 18.2 Å². The summed E-state index contributed by atoms with van der Waals surface area (Å²) >= 11 is 0. The van der Waals surface area contributed by atoms with Gasteiger partial charge in [-0.2, -0.15) is 8.78 Å². The molecule has 1 amide bonds. The Hall–Kier alpha value is -1.64. The highest BCUT2D eigenvalue weighted by molar-refractivity contribution is 5.85. The zero-order valence-corrected chi connectivity index (χ0v) is 14.7. The lowest BCUT2D eigenvalue weighted by atomic mass is 10.1. The number of carbonyl (C=O) groups excluding carboxylic acids is 1. The van der Waals surface area contributed by atoms with Gasteiger partial charge in [0.05, 0.1) is 13.2 Å². The largest absolute Gasteiger partial charge is 0.493 e. The van der Waals surface area contributed by atoms with E-state index in [0.29, 0.717) is 25.9 Å². The second kappa shape index (κ2) is 10.4. The Kier molecular flexibility index (Phi) is 8.88. The fourth-order valence-corrected chi connectivity index (χ4v) is 2.58. The first-order chi connectivity index (χ1) is 11.5. The number of ether oxygens (including phenoxy) is 3. The fraction of sp³-hybridized carbons (Fsp3) is 0.562. The summed E-state index contributed by atoms with van der Waals surface area (Å²) in [4.78, 5) is 12.0. The molecule has 1 aromatic carbocycles. The summed E-state index contributed by atoms with van der Waals surface area (Å²) in [5, 5.41) is 2.78. The third kappa shape index (κ3) is 6.30. The van der Waals surface area contributed by atoms with Crippen LogP contribution in [0.2, 0.25) is 0 Å². The Morgan fingerprint density at radius 3 is 2.76 bits per heavy atom. The molecule has 0 spiro atoms. The van der Waals surface area contributed by atoms with Crippen molar-refractivity contribution in [3.05, 3.63) is 23.8 Å². The molecule has 0 aromatic heterocycles. The van der Waals surface area contributed by atoms with Crippen LogP contribution in [0.25, 0.3) is 0 Å². The summed E-state index contributed by atoms with van der Waals surface area (Å²) in [6.07, 6.45) is 1.38. The summed E-state index contributed by atoms with van der Waals surface area (Å²) < 4.78 is 39.7. The van der Waals surface area contributed by atoms with E-state index in [-0.39, 0.29) is 35.9 Å². The van der Waals surface area contributed by atoms with Crippen molar-refractivity contribution in [1.29, 1.82) is 0 Å². The second-order valence-corrected chi connectivity index (χ2v) is 5.46. The van der Waals surface area contributed by atoms with Gasteiger partial charge in [0.25, 0.3) is 0 Å². The van der Waals surface area contributed by atoms with Gasteiger partial charge in [0.1, 0.15) is 6.10 Å². The van der Waals surface area contributed by atoms with Crippen molar-refractivity contribution >= 4 is 18.3 Å². The van der Waals surface area contributed by atoms with Gasteiger partial charge < -0.3 is 25.3 Å². The highest BCUT2D eigenvalue weighted by atomic mass is 35.5. The van der Waals surface area contributed by atoms with Crippen molar-refractivity contribution in [3.8, 4) is 11.5 Å². The molecule has 1 aliphatic rings. The molecule has 0 bridgehead atoms. The molecule has 1 heterocycles. The van der Waals surface area contributed by atoms with Crippen LogP contribution >= 0.6 is 12.4 Å². The second-order valence-electron chi connectivity index (χ2n) is 5.46. The quantitative estimate of drug-likeness (QED) is 0.719. The lowest BCUT2D eigenvalue weighted by molar-refractivity contribution is -0.131. The molecule has 9 heteroatoms. The Labute approximate surface area is 151 Å². The molecule has 142 valence electrons. The summed E-state index contributed by atoms with van der Waals surface area (Å²) in [6.45, 7) is -2.15. The van der Waals surface area contributed by atoms with E-state index in [1.54, 1.807) is 12.1 Å². The molecule has 1 aliphatic heterocycles. The van der Waals surface area contributed by atoms with Gasteiger partial charge in [-0.1, -0.05) is 6.07 Å². The highest BCUT2D eigenvalue weighted by Crippen LogP contribution is 2.29. The van der Waals surface area contributed by atoms with Crippen LogP contribution in [0.3, 0.4) is 0 Å². The van der Waals surface area contributed by atoms with Crippen LogP contribution in [0.4, 0.5) is 8.78 Å². The van der Waals surface area contributed by atoms with Gasteiger partial charge in [-0.25, -0.2) is 0 Å². The Bertz CT molecular complexity index is 563. The molecule has 0 aliphatic carbocycles. The minimum atomic E-state index is -2.93. The molecule has 2 rings (SSSR count). The van der Waals surface area contributed by atoms with E-state index in [1.807, 2.05) is 0 Å². The third-order valence-corrected chi connectivity index (χ3v) is 3.82. The van der Waals surface area contributed by atoms with E-state index in [0.717, 1.165) is 12.0 Å². The number of hydrogen-bond donors (Lipinski definition) is 2. The number of nitrogens with two attached hydrogens (primary N) is 1. The van der Waals surface area contributed by atoms with Crippen LogP contribution in [0, 0.1) is 0 Å². The molecule has 1 saturated heterocycles. The van der Waals surface area contributed by atoms with Crippen molar-refractivity contribution in [1.82, 2.24) is 5.32 Å². The van der Waals surface area contributed by atoms with Crippen LogP contribution < -0.4 is 20.5 Å². The first-order valence-corrected chi connectivity index (χ1v) is 7.78. The summed E-state index contributed by atoms with van der Waals surface area (Å²) in [5.41, 5.74) is 6.26. The maximum absolute atomic E-state index is 12.4. The average Bonchev–Trinajstić information content (AvgIpc) is 3.03. The maximum Gasteiger partial charge on any atom is 0.387 e. The Balaban J connectivity index is 0.00000312. The molecule has 6 nitrogen and oxygen atoms in total. The lowest BCUT2D eigenvalue weighted by Gasteiger charge is -2.14. The Morgan fingerprint density at radius 1 is 1.40 bits per heavy atom. The topological polar surface area (TPSA) is 82.8 Å². The zero-order valence-electron chi connectivity index (χ0n) is 13.9. The summed E-state index contributed by atoms with van der Waals surface area (Å²) in [7, 11) is 1.38. The van der Waals surface area contributed by atoms with Gasteiger partial charge >= 0.3 is 6.61 Å². The first-order valence-electron chi connectivity index (χ1n) is 7.78. The SMILES string of the molecule is COc1ccc(CCNC(=O)[C@@H]2CC[C@H](CN)O2)cc1OC(F)F.Cl. The number of amides is 1. The predicted octanol–water partition coefficient (Wildman–Crippen LogP) is 1.88. The fourth-order valence-electron chi connectivity index (χ4n) is 2.58. The molecule has 0 radical (unpaired) electrons. The molecule has 3 N–H and O–H groups in total. The van der Waals surface area contributed by atoms with E-state index >= 15 is 0 Å². The van der Waals surface area contributed by atoms with E-state index in [9.17, 15) is 13.6 Å². The lowest BCUT2D eigenvalue weighted by Crippen LogP contribution is -2.36. The maximum atomic E-state index is 12.4. The minimum Gasteiger partial charge on any atom is -0.493 e. The van der Waals surface area contributed by atoms with Crippen molar-refractivity contribution in [2.45, 2.75) is 38.1 Å². The molecule has 0 unspecified atom stereocenters. The Morgan fingerprint density at radius 2 is 2.16 bits per heavy atom. The summed E-state index contributed by atoms with van der Waals surface area (Å²) in [6, 6.07) is 4.77. The number of methoxy groups -OCH3 is 1. The summed E-state index contributed by atoms with van der Waals surface area (Å²) in [5.74, 6) is 0.0278. The molecule has 1 fully saturated rings. The van der Waals surface area contributed by atoms with Crippen LogP contribution in [-0.4, -0.2) is 44.9 Å². The molecule has 2 atom stereocenters. The predicted molar refractivity (Wildman–Crippen MR) is 90.5 cm³/mol. The first kappa shape index (κ1) is 21.4. The molecule has 25 heavy (non-hydrogen) atoms. The highest BCUT2D eigenvalue weighted by Gasteiger charge is 2.29. The van der Waals surface area contributed by atoms with Gasteiger partial charge in [0.15, 0.2) is 11.5 Å². The molecule has 0 saturated carbocycles. The van der Waals surface area contributed by atoms with E-state index in [4.69, 9.17) is 15.2 Å².